The van der Waals surface area contributed by atoms with Crippen molar-refractivity contribution in [3.05, 3.63) is 59.7 Å². The molecule has 2 amide bonds. The molecule has 0 radical (unpaired) electrons. The van der Waals surface area contributed by atoms with Crippen LogP contribution in [0.5, 0.6) is 0 Å². The van der Waals surface area contributed by atoms with Crippen LogP contribution in [0, 0.1) is 13.8 Å². The Balaban J connectivity index is 1.69. The topological polar surface area (TPSA) is 71.1 Å². The van der Waals surface area contributed by atoms with Crippen LogP contribution in [0.1, 0.15) is 25.0 Å². The quantitative estimate of drug-likeness (QED) is 0.603. The second-order valence-corrected chi connectivity index (χ2v) is 8.12. The normalized spacial score (nSPS) is 11.9. The molecule has 2 aromatic carbocycles. The fourth-order valence-corrected chi connectivity index (χ4v) is 3.83. The first-order valence-electron chi connectivity index (χ1n) is 9.05. The number of anilines is 2. The zero-order valence-electron chi connectivity index (χ0n) is 16.4. The summed E-state index contributed by atoms with van der Waals surface area (Å²) in [6.07, 6.45) is 0. The highest BCUT2D eigenvalue weighted by Gasteiger charge is 2.16. The fraction of sp³-hybridized carbons (Fsp3) is 0.227. The maximum Gasteiger partial charge on any atom is 0.237 e. The van der Waals surface area contributed by atoms with Crippen molar-refractivity contribution >= 4 is 45.9 Å². The first-order valence-corrected chi connectivity index (χ1v) is 9.93. The number of rotatable bonds is 5. The number of aryl methyl sites for hydroxylation is 2. The lowest BCUT2D eigenvalue weighted by atomic mass is 10.1. The van der Waals surface area contributed by atoms with E-state index in [9.17, 15) is 9.59 Å². The van der Waals surface area contributed by atoms with Gasteiger partial charge in [0, 0.05) is 23.7 Å². The van der Waals surface area contributed by atoms with E-state index in [2.05, 4.69) is 23.6 Å². The molecule has 6 heteroatoms. The van der Waals surface area contributed by atoms with E-state index in [1.807, 2.05) is 32.0 Å². The van der Waals surface area contributed by atoms with Crippen molar-refractivity contribution < 1.29 is 9.59 Å². The summed E-state index contributed by atoms with van der Waals surface area (Å²) in [4.78, 5) is 28.4. The summed E-state index contributed by atoms with van der Waals surface area (Å²) in [6, 6.07) is 15.2. The SMILES string of the molecule is CC(=O)Nc1ccc(NC(=O)[C@@H](C)Sc2cc(C)c3cccc(C)c3n2)cc1. The van der Waals surface area contributed by atoms with E-state index in [0.29, 0.717) is 11.4 Å². The summed E-state index contributed by atoms with van der Waals surface area (Å²) in [5, 5.41) is 7.28. The Kier molecular flexibility index (Phi) is 5.99. The van der Waals surface area contributed by atoms with Gasteiger partial charge in [0.25, 0.3) is 0 Å². The van der Waals surface area contributed by atoms with Gasteiger partial charge in [-0.15, -0.1) is 0 Å². The molecule has 0 aliphatic rings. The molecular weight excluding hydrogens is 370 g/mol. The average Bonchev–Trinajstić information content (AvgIpc) is 2.64. The monoisotopic (exact) mass is 393 g/mol. The molecule has 1 heterocycles. The third-order valence-electron chi connectivity index (χ3n) is 4.36. The van der Waals surface area contributed by atoms with Crippen molar-refractivity contribution in [2.45, 2.75) is 38.0 Å². The van der Waals surface area contributed by atoms with Gasteiger partial charge < -0.3 is 10.6 Å². The van der Waals surface area contributed by atoms with Crippen LogP contribution in [0.3, 0.4) is 0 Å². The number of pyridine rings is 1. The number of aromatic nitrogens is 1. The number of benzene rings is 2. The van der Waals surface area contributed by atoms with Crippen molar-refractivity contribution in [3.63, 3.8) is 0 Å². The molecule has 0 bridgehead atoms. The maximum atomic E-state index is 12.6. The van der Waals surface area contributed by atoms with Crippen LogP contribution in [0.4, 0.5) is 11.4 Å². The molecule has 0 saturated carbocycles. The van der Waals surface area contributed by atoms with E-state index in [1.54, 1.807) is 24.3 Å². The molecule has 3 aromatic rings. The Morgan fingerprint density at radius 3 is 2.25 bits per heavy atom. The second kappa shape index (κ2) is 8.44. The summed E-state index contributed by atoms with van der Waals surface area (Å²) < 4.78 is 0. The molecule has 3 rings (SSSR count). The van der Waals surface area contributed by atoms with E-state index in [1.165, 1.54) is 18.7 Å². The molecule has 0 unspecified atom stereocenters. The summed E-state index contributed by atoms with van der Waals surface area (Å²) in [5.74, 6) is -0.225. The zero-order chi connectivity index (χ0) is 20.3. The van der Waals surface area contributed by atoms with Crippen molar-refractivity contribution in [1.82, 2.24) is 4.98 Å². The van der Waals surface area contributed by atoms with Crippen molar-refractivity contribution in [2.24, 2.45) is 0 Å². The van der Waals surface area contributed by atoms with Gasteiger partial charge in [0.1, 0.15) is 0 Å². The number of nitrogens with one attached hydrogen (secondary N) is 2. The molecule has 1 atom stereocenters. The Morgan fingerprint density at radius 1 is 0.964 bits per heavy atom. The Morgan fingerprint density at radius 2 is 1.61 bits per heavy atom. The Labute approximate surface area is 168 Å². The third kappa shape index (κ3) is 4.70. The number of para-hydroxylation sites is 1. The zero-order valence-corrected chi connectivity index (χ0v) is 17.2. The molecule has 28 heavy (non-hydrogen) atoms. The van der Waals surface area contributed by atoms with Crippen LogP contribution in [-0.4, -0.2) is 22.0 Å². The lowest BCUT2D eigenvalue weighted by Crippen LogP contribution is -2.22. The number of amides is 2. The van der Waals surface area contributed by atoms with Crippen LogP contribution in [-0.2, 0) is 9.59 Å². The molecule has 144 valence electrons. The molecule has 0 aliphatic heterocycles. The smallest absolute Gasteiger partial charge is 0.237 e. The van der Waals surface area contributed by atoms with E-state index < -0.39 is 0 Å². The predicted octanol–water partition coefficient (Wildman–Crippen LogP) is 4.93. The van der Waals surface area contributed by atoms with Crippen LogP contribution >= 0.6 is 11.8 Å². The first kappa shape index (κ1) is 19.9. The number of hydrogen-bond donors (Lipinski definition) is 2. The number of nitrogens with zero attached hydrogens (tertiary/aromatic N) is 1. The minimum atomic E-state index is -0.302. The van der Waals surface area contributed by atoms with Gasteiger partial charge in [0.2, 0.25) is 11.8 Å². The van der Waals surface area contributed by atoms with Crippen LogP contribution in [0.25, 0.3) is 10.9 Å². The van der Waals surface area contributed by atoms with Gasteiger partial charge in [-0.1, -0.05) is 30.0 Å². The van der Waals surface area contributed by atoms with Gasteiger partial charge in [0.15, 0.2) is 0 Å². The molecule has 0 spiro atoms. The maximum absolute atomic E-state index is 12.6. The highest BCUT2D eigenvalue weighted by Crippen LogP contribution is 2.28. The Bertz CT molecular complexity index is 1030. The molecule has 0 fully saturated rings. The largest absolute Gasteiger partial charge is 0.326 e. The van der Waals surface area contributed by atoms with Crippen molar-refractivity contribution in [1.29, 1.82) is 0 Å². The molecular formula is C22H23N3O2S. The van der Waals surface area contributed by atoms with E-state index in [-0.39, 0.29) is 17.1 Å². The minimum absolute atomic E-state index is 0.0957. The lowest BCUT2D eigenvalue weighted by molar-refractivity contribution is -0.115. The fourth-order valence-electron chi connectivity index (χ4n) is 2.91. The summed E-state index contributed by atoms with van der Waals surface area (Å²) in [6.45, 7) is 7.43. The average molecular weight is 394 g/mol. The van der Waals surface area contributed by atoms with Crippen molar-refractivity contribution in [2.75, 3.05) is 10.6 Å². The van der Waals surface area contributed by atoms with Gasteiger partial charge in [-0.2, -0.15) is 0 Å². The van der Waals surface area contributed by atoms with Crippen LogP contribution < -0.4 is 10.6 Å². The number of fused-ring (bicyclic) bond motifs is 1. The molecule has 0 saturated heterocycles. The van der Waals surface area contributed by atoms with Crippen molar-refractivity contribution in [3.8, 4) is 0 Å². The van der Waals surface area contributed by atoms with Crippen LogP contribution in [0.2, 0.25) is 0 Å². The van der Waals surface area contributed by atoms with Gasteiger partial charge >= 0.3 is 0 Å². The van der Waals surface area contributed by atoms with Gasteiger partial charge in [-0.3, -0.25) is 9.59 Å². The molecule has 1 aromatic heterocycles. The third-order valence-corrected chi connectivity index (χ3v) is 5.38. The molecule has 2 N–H and O–H groups in total. The van der Waals surface area contributed by atoms with E-state index >= 15 is 0 Å². The van der Waals surface area contributed by atoms with E-state index in [0.717, 1.165) is 27.1 Å². The molecule has 5 nitrogen and oxygen atoms in total. The van der Waals surface area contributed by atoms with Gasteiger partial charge in [-0.25, -0.2) is 4.98 Å². The number of hydrogen-bond acceptors (Lipinski definition) is 4. The number of carbonyl (C=O) groups is 2. The number of carbonyl (C=O) groups excluding carboxylic acids is 2. The predicted molar refractivity (Wildman–Crippen MR) is 116 cm³/mol. The standard InChI is InChI=1S/C22H23N3O2S/c1-13-6-5-7-19-14(2)12-20(25-21(13)19)28-15(3)22(27)24-18-10-8-17(9-11-18)23-16(4)26/h5-12,15H,1-4H3,(H,23,26)(H,24,27)/t15-/m1/s1. The first-order chi connectivity index (χ1) is 13.3. The van der Waals surface area contributed by atoms with Gasteiger partial charge in [-0.05, 0) is 62.2 Å². The lowest BCUT2D eigenvalue weighted by Gasteiger charge is -2.14. The summed E-state index contributed by atoms with van der Waals surface area (Å²) >= 11 is 1.44. The molecule has 0 aliphatic carbocycles. The van der Waals surface area contributed by atoms with Gasteiger partial charge in [0.05, 0.1) is 15.8 Å². The Hall–Kier alpha value is -2.86. The number of thioether (sulfide) groups is 1. The summed E-state index contributed by atoms with van der Waals surface area (Å²) in [5.41, 5.74) is 4.63. The van der Waals surface area contributed by atoms with Crippen LogP contribution in [0.15, 0.2) is 53.6 Å². The highest BCUT2D eigenvalue weighted by atomic mass is 32.2. The summed E-state index contributed by atoms with van der Waals surface area (Å²) in [7, 11) is 0. The van der Waals surface area contributed by atoms with E-state index in [4.69, 9.17) is 4.98 Å². The second-order valence-electron chi connectivity index (χ2n) is 6.76. The minimum Gasteiger partial charge on any atom is -0.326 e. The highest BCUT2D eigenvalue weighted by molar-refractivity contribution is 8.00.